The lowest BCUT2D eigenvalue weighted by atomic mass is 10.1. The van der Waals surface area contributed by atoms with Crippen molar-refractivity contribution in [2.75, 3.05) is 14.1 Å². The molecular formula is C20H22N6O2. The van der Waals surface area contributed by atoms with E-state index in [2.05, 4.69) is 20.4 Å². The van der Waals surface area contributed by atoms with Crippen molar-refractivity contribution in [2.24, 2.45) is 0 Å². The average molecular weight is 378 g/mol. The lowest BCUT2D eigenvalue weighted by Crippen LogP contribution is -2.35. The van der Waals surface area contributed by atoms with E-state index in [0.717, 1.165) is 5.56 Å². The van der Waals surface area contributed by atoms with E-state index in [9.17, 15) is 9.59 Å². The molecule has 1 unspecified atom stereocenters. The molecule has 2 aromatic heterocycles. The molecule has 0 aliphatic rings. The van der Waals surface area contributed by atoms with Gasteiger partial charge in [0, 0.05) is 31.3 Å². The number of hydrogen-bond donors (Lipinski definition) is 1. The van der Waals surface area contributed by atoms with Gasteiger partial charge < -0.3 is 10.2 Å². The van der Waals surface area contributed by atoms with Gasteiger partial charge in [0.2, 0.25) is 0 Å². The monoisotopic (exact) mass is 378 g/mol. The molecule has 8 heteroatoms. The summed E-state index contributed by atoms with van der Waals surface area (Å²) in [5.41, 5.74) is 2.29. The lowest BCUT2D eigenvalue weighted by Gasteiger charge is -2.14. The summed E-state index contributed by atoms with van der Waals surface area (Å²) in [7, 11) is 3.37. The Balaban J connectivity index is 1.76. The van der Waals surface area contributed by atoms with Crippen LogP contribution in [0.25, 0.3) is 11.3 Å². The maximum Gasteiger partial charge on any atom is 0.271 e. The fourth-order valence-corrected chi connectivity index (χ4v) is 2.72. The normalized spacial score (nSPS) is 11.7. The highest BCUT2D eigenvalue weighted by Gasteiger charge is 2.14. The van der Waals surface area contributed by atoms with E-state index in [0.29, 0.717) is 23.5 Å². The van der Waals surface area contributed by atoms with Crippen LogP contribution < -0.4 is 5.32 Å². The van der Waals surface area contributed by atoms with Crippen LogP contribution in [0.3, 0.4) is 0 Å². The molecule has 1 N–H and O–H groups in total. The Morgan fingerprint density at radius 3 is 2.68 bits per heavy atom. The molecule has 3 rings (SSSR count). The van der Waals surface area contributed by atoms with Crippen LogP contribution in [-0.2, 0) is 6.54 Å². The maximum atomic E-state index is 12.6. The van der Waals surface area contributed by atoms with Crippen molar-refractivity contribution in [3.63, 3.8) is 0 Å². The van der Waals surface area contributed by atoms with Crippen molar-refractivity contribution in [1.82, 2.24) is 30.0 Å². The first kappa shape index (κ1) is 19.2. The smallest absolute Gasteiger partial charge is 0.271 e. The molecule has 0 aliphatic heterocycles. The number of carbonyl (C=O) groups excluding carboxylic acids is 2. The van der Waals surface area contributed by atoms with Gasteiger partial charge in [0.05, 0.1) is 12.2 Å². The topological polar surface area (TPSA) is 93.0 Å². The molecule has 0 fully saturated rings. The van der Waals surface area contributed by atoms with Gasteiger partial charge in [-0.25, -0.2) is 9.97 Å². The minimum Gasteiger partial charge on any atom is -0.348 e. The van der Waals surface area contributed by atoms with Gasteiger partial charge in [-0.1, -0.05) is 18.2 Å². The summed E-state index contributed by atoms with van der Waals surface area (Å²) in [6.07, 6.45) is 3.07. The molecule has 0 aliphatic carbocycles. The largest absolute Gasteiger partial charge is 0.348 e. The van der Waals surface area contributed by atoms with Gasteiger partial charge in [-0.3, -0.25) is 14.3 Å². The van der Waals surface area contributed by atoms with Crippen LogP contribution in [0, 0.1) is 0 Å². The Kier molecular flexibility index (Phi) is 5.78. The summed E-state index contributed by atoms with van der Waals surface area (Å²) >= 11 is 0. The van der Waals surface area contributed by atoms with Gasteiger partial charge in [-0.05, 0) is 31.2 Å². The van der Waals surface area contributed by atoms with Crippen LogP contribution in [0.4, 0.5) is 0 Å². The number of nitrogens with one attached hydrogen (secondary N) is 1. The van der Waals surface area contributed by atoms with Crippen molar-refractivity contribution >= 4 is 11.8 Å². The third-order valence-electron chi connectivity index (χ3n) is 4.10. The van der Waals surface area contributed by atoms with Crippen LogP contribution in [0.1, 0.15) is 27.8 Å². The molecule has 1 atom stereocenters. The molecule has 28 heavy (non-hydrogen) atoms. The molecule has 0 saturated heterocycles. The van der Waals surface area contributed by atoms with Crippen LogP contribution in [0.5, 0.6) is 0 Å². The number of nitrogens with zero attached hydrogens (tertiary/aromatic N) is 5. The second-order valence-electron chi connectivity index (χ2n) is 6.68. The molecule has 0 spiro atoms. The Hall–Kier alpha value is -3.55. The first-order valence-electron chi connectivity index (χ1n) is 8.86. The SMILES string of the molecule is CC(Cn1cncn1)NC(=O)c1cccc(-c2cccc(C(=O)N(C)C)n2)c1. The Bertz CT molecular complexity index is 968. The molecular weight excluding hydrogens is 356 g/mol. The standard InChI is InChI=1S/C20H22N6O2/c1-14(11-26-13-21-12-22-26)23-19(27)16-7-4-6-15(10-16)17-8-5-9-18(24-17)20(28)25(2)3/h4-10,12-14H,11H2,1-3H3,(H,23,27). The Labute approximate surface area is 163 Å². The fraction of sp³-hybridized carbons (Fsp3) is 0.250. The summed E-state index contributed by atoms with van der Waals surface area (Å²) in [4.78, 5) is 34.5. The number of amides is 2. The summed E-state index contributed by atoms with van der Waals surface area (Å²) in [6, 6.07) is 12.3. The van der Waals surface area contributed by atoms with Gasteiger partial charge in [-0.15, -0.1) is 0 Å². The molecule has 0 radical (unpaired) electrons. The summed E-state index contributed by atoms with van der Waals surface area (Å²) < 4.78 is 1.67. The third-order valence-corrected chi connectivity index (χ3v) is 4.10. The van der Waals surface area contributed by atoms with Crippen LogP contribution in [-0.4, -0.2) is 56.6 Å². The minimum atomic E-state index is -0.185. The van der Waals surface area contributed by atoms with Gasteiger partial charge in [0.1, 0.15) is 18.3 Å². The number of benzene rings is 1. The van der Waals surface area contributed by atoms with Crippen molar-refractivity contribution in [2.45, 2.75) is 19.5 Å². The van der Waals surface area contributed by atoms with Gasteiger partial charge in [0.15, 0.2) is 0 Å². The van der Waals surface area contributed by atoms with Crippen LogP contribution in [0.2, 0.25) is 0 Å². The first-order valence-corrected chi connectivity index (χ1v) is 8.86. The second-order valence-corrected chi connectivity index (χ2v) is 6.68. The molecule has 3 aromatic rings. The van der Waals surface area contributed by atoms with Gasteiger partial charge in [0.25, 0.3) is 11.8 Å². The third kappa shape index (κ3) is 4.59. The number of rotatable bonds is 6. The molecule has 8 nitrogen and oxygen atoms in total. The van der Waals surface area contributed by atoms with Gasteiger partial charge >= 0.3 is 0 Å². The minimum absolute atomic E-state index is 0.114. The molecule has 0 bridgehead atoms. The second kappa shape index (κ2) is 8.43. The Morgan fingerprint density at radius 1 is 1.18 bits per heavy atom. The van der Waals surface area contributed by atoms with E-state index < -0.39 is 0 Å². The number of carbonyl (C=O) groups is 2. The van der Waals surface area contributed by atoms with Crippen LogP contribution >= 0.6 is 0 Å². The zero-order valence-electron chi connectivity index (χ0n) is 16.0. The van der Waals surface area contributed by atoms with E-state index in [1.54, 1.807) is 55.4 Å². The Morgan fingerprint density at radius 2 is 1.96 bits per heavy atom. The predicted molar refractivity (Wildman–Crippen MR) is 105 cm³/mol. The highest BCUT2D eigenvalue weighted by molar-refractivity contribution is 5.96. The van der Waals surface area contributed by atoms with E-state index in [1.165, 1.54) is 11.2 Å². The summed E-state index contributed by atoms with van der Waals surface area (Å²) in [5.74, 6) is -0.354. The average Bonchev–Trinajstić information content (AvgIpc) is 3.20. The molecule has 2 heterocycles. The predicted octanol–water partition coefficient (Wildman–Crippen LogP) is 1.86. The zero-order chi connectivity index (χ0) is 20.1. The van der Waals surface area contributed by atoms with E-state index in [1.807, 2.05) is 19.1 Å². The fourth-order valence-electron chi connectivity index (χ4n) is 2.72. The number of hydrogen-bond acceptors (Lipinski definition) is 5. The van der Waals surface area contributed by atoms with Crippen molar-refractivity contribution < 1.29 is 9.59 Å². The summed E-state index contributed by atoms with van der Waals surface area (Å²) in [6.45, 7) is 2.43. The van der Waals surface area contributed by atoms with E-state index in [4.69, 9.17) is 0 Å². The van der Waals surface area contributed by atoms with Crippen molar-refractivity contribution in [3.05, 3.63) is 66.4 Å². The lowest BCUT2D eigenvalue weighted by molar-refractivity contribution is 0.0821. The number of pyridine rings is 1. The van der Waals surface area contributed by atoms with Crippen molar-refractivity contribution in [1.29, 1.82) is 0 Å². The molecule has 144 valence electrons. The number of aromatic nitrogens is 4. The van der Waals surface area contributed by atoms with E-state index in [-0.39, 0.29) is 17.9 Å². The zero-order valence-corrected chi connectivity index (χ0v) is 16.0. The first-order chi connectivity index (χ1) is 13.4. The highest BCUT2D eigenvalue weighted by atomic mass is 16.2. The van der Waals surface area contributed by atoms with E-state index >= 15 is 0 Å². The maximum absolute atomic E-state index is 12.6. The van der Waals surface area contributed by atoms with Gasteiger partial charge in [-0.2, -0.15) is 5.10 Å². The summed E-state index contributed by atoms with van der Waals surface area (Å²) in [5, 5.41) is 6.99. The highest BCUT2D eigenvalue weighted by Crippen LogP contribution is 2.19. The molecule has 0 saturated carbocycles. The molecule has 1 aromatic carbocycles. The molecule has 2 amide bonds. The quantitative estimate of drug-likeness (QED) is 0.707. The van der Waals surface area contributed by atoms with Crippen molar-refractivity contribution in [3.8, 4) is 11.3 Å². The van der Waals surface area contributed by atoms with Crippen LogP contribution in [0.15, 0.2) is 55.1 Å².